The molecule has 1 aromatic carbocycles. The lowest BCUT2D eigenvalue weighted by molar-refractivity contribution is -0.136. The molecule has 0 spiro atoms. The highest BCUT2D eigenvalue weighted by Crippen LogP contribution is 2.25. The number of nitrogen functional groups attached to an aromatic ring is 1. The maximum absolute atomic E-state index is 10.8. The van der Waals surface area contributed by atoms with Crippen LogP contribution in [0.2, 0.25) is 0 Å². The zero-order chi connectivity index (χ0) is 13.7. The van der Waals surface area contributed by atoms with Crippen LogP contribution in [0.15, 0.2) is 41.7 Å². The number of hydrogen-bond acceptors (Lipinski definition) is 5. The summed E-state index contributed by atoms with van der Waals surface area (Å²) in [5, 5.41) is 9.53. The van der Waals surface area contributed by atoms with Gasteiger partial charge in [0.05, 0.1) is 6.42 Å². The van der Waals surface area contributed by atoms with Gasteiger partial charge in [-0.1, -0.05) is 36.0 Å². The van der Waals surface area contributed by atoms with Crippen LogP contribution in [-0.2, 0) is 17.0 Å². The van der Waals surface area contributed by atoms with Crippen LogP contribution in [0.5, 0.6) is 0 Å². The van der Waals surface area contributed by atoms with E-state index in [2.05, 4.69) is 9.97 Å². The van der Waals surface area contributed by atoms with Gasteiger partial charge in [-0.3, -0.25) is 4.79 Å². The van der Waals surface area contributed by atoms with Gasteiger partial charge < -0.3 is 10.8 Å². The van der Waals surface area contributed by atoms with Gasteiger partial charge in [-0.2, -0.15) is 0 Å². The van der Waals surface area contributed by atoms with E-state index in [1.807, 2.05) is 24.3 Å². The van der Waals surface area contributed by atoms with Crippen molar-refractivity contribution in [1.82, 2.24) is 9.97 Å². The number of nitrogens with two attached hydrogens (primary N) is 1. The number of aliphatic carboxylic acids is 1. The van der Waals surface area contributed by atoms with Gasteiger partial charge in [-0.25, -0.2) is 9.97 Å². The summed E-state index contributed by atoms with van der Waals surface area (Å²) in [5.74, 6) is 0.173. The maximum atomic E-state index is 10.8. The highest BCUT2D eigenvalue weighted by molar-refractivity contribution is 7.98. The molecular formula is C13H13N3O2S. The van der Waals surface area contributed by atoms with E-state index in [-0.39, 0.29) is 6.42 Å². The Morgan fingerprint density at radius 1 is 1.21 bits per heavy atom. The second kappa shape index (κ2) is 6.19. The van der Waals surface area contributed by atoms with Crippen molar-refractivity contribution in [2.24, 2.45) is 0 Å². The first kappa shape index (κ1) is 13.4. The Morgan fingerprint density at radius 3 is 2.58 bits per heavy atom. The Labute approximate surface area is 114 Å². The largest absolute Gasteiger partial charge is 0.481 e. The molecule has 6 heteroatoms. The second-order valence-electron chi connectivity index (χ2n) is 3.87. The molecule has 0 amide bonds. The van der Waals surface area contributed by atoms with Crippen LogP contribution in [0.3, 0.4) is 0 Å². The molecule has 0 saturated heterocycles. The molecule has 0 aliphatic rings. The van der Waals surface area contributed by atoms with Gasteiger partial charge in [0.25, 0.3) is 0 Å². The van der Waals surface area contributed by atoms with Crippen molar-refractivity contribution in [3.05, 3.63) is 47.8 Å². The summed E-state index contributed by atoms with van der Waals surface area (Å²) >= 11 is 1.45. The van der Waals surface area contributed by atoms with Crippen LogP contribution in [0.4, 0.5) is 5.82 Å². The molecule has 5 nitrogen and oxygen atoms in total. The fraction of sp³-hybridized carbons (Fsp3) is 0.154. The molecule has 3 N–H and O–H groups in total. The van der Waals surface area contributed by atoms with Crippen molar-refractivity contribution in [3.8, 4) is 0 Å². The Bertz CT molecular complexity index is 590. The molecule has 0 fully saturated rings. The summed E-state index contributed by atoms with van der Waals surface area (Å²) in [4.78, 5) is 18.9. The summed E-state index contributed by atoms with van der Waals surface area (Å²) in [6.07, 6.45) is 3.15. The normalized spacial score (nSPS) is 10.3. The van der Waals surface area contributed by atoms with Crippen molar-refractivity contribution in [2.45, 2.75) is 17.2 Å². The molecule has 0 aliphatic carbocycles. The van der Waals surface area contributed by atoms with Gasteiger partial charge in [0.1, 0.15) is 5.03 Å². The third-order valence-electron chi connectivity index (χ3n) is 2.52. The zero-order valence-electron chi connectivity index (χ0n) is 10.1. The number of carboxylic acids is 1. The standard InChI is InChI=1S/C13H13N3O2S/c14-12-13(16-6-5-15-12)19-8-10-4-2-1-3-9(10)7-11(17)18/h1-6H,7-8H2,(H2,14,15)(H,17,18). The molecule has 0 unspecified atom stereocenters. The molecule has 1 aromatic heterocycles. The molecular weight excluding hydrogens is 262 g/mol. The molecule has 0 atom stereocenters. The van der Waals surface area contributed by atoms with Crippen LogP contribution < -0.4 is 5.73 Å². The molecule has 98 valence electrons. The SMILES string of the molecule is Nc1nccnc1SCc1ccccc1CC(=O)O. The van der Waals surface area contributed by atoms with Crippen molar-refractivity contribution in [2.75, 3.05) is 5.73 Å². The van der Waals surface area contributed by atoms with Crippen LogP contribution >= 0.6 is 11.8 Å². The number of hydrogen-bond donors (Lipinski definition) is 2. The van der Waals surface area contributed by atoms with Crippen LogP contribution in [-0.4, -0.2) is 21.0 Å². The van der Waals surface area contributed by atoms with E-state index in [0.29, 0.717) is 16.6 Å². The predicted molar refractivity (Wildman–Crippen MR) is 73.8 cm³/mol. The predicted octanol–water partition coefficient (Wildman–Crippen LogP) is 1.98. The lowest BCUT2D eigenvalue weighted by Gasteiger charge is -2.07. The second-order valence-corrected chi connectivity index (χ2v) is 4.84. The minimum Gasteiger partial charge on any atom is -0.481 e. The van der Waals surface area contributed by atoms with Crippen LogP contribution in [0, 0.1) is 0 Å². The number of rotatable bonds is 5. The average molecular weight is 275 g/mol. The number of carboxylic acid groups (broad SMARTS) is 1. The van der Waals surface area contributed by atoms with E-state index in [1.165, 1.54) is 18.0 Å². The summed E-state index contributed by atoms with van der Waals surface area (Å²) in [5.41, 5.74) is 7.50. The zero-order valence-corrected chi connectivity index (χ0v) is 10.9. The number of thioether (sulfide) groups is 1. The minimum atomic E-state index is -0.837. The number of carbonyl (C=O) groups is 1. The third kappa shape index (κ3) is 3.69. The molecule has 0 radical (unpaired) electrons. The summed E-state index contributed by atoms with van der Waals surface area (Å²) in [7, 11) is 0. The maximum Gasteiger partial charge on any atom is 0.307 e. The van der Waals surface area contributed by atoms with E-state index in [9.17, 15) is 4.79 Å². The summed E-state index contributed by atoms with van der Waals surface area (Å²) < 4.78 is 0. The van der Waals surface area contributed by atoms with Crippen molar-refractivity contribution < 1.29 is 9.90 Å². The smallest absolute Gasteiger partial charge is 0.307 e. The molecule has 19 heavy (non-hydrogen) atoms. The third-order valence-corrected chi connectivity index (χ3v) is 3.56. The first-order valence-electron chi connectivity index (χ1n) is 5.64. The highest BCUT2D eigenvalue weighted by Gasteiger charge is 2.08. The lowest BCUT2D eigenvalue weighted by Crippen LogP contribution is -2.03. The van der Waals surface area contributed by atoms with Crippen molar-refractivity contribution in [3.63, 3.8) is 0 Å². The first-order chi connectivity index (χ1) is 9.16. The minimum absolute atomic E-state index is 0.0205. The molecule has 2 aromatic rings. The van der Waals surface area contributed by atoms with E-state index < -0.39 is 5.97 Å². The Hall–Kier alpha value is -2.08. The monoisotopic (exact) mass is 275 g/mol. The number of benzene rings is 1. The van der Waals surface area contributed by atoms with Gasteiger partial charge >= 0.3 is 5.97 Å². The Morgan fingerprint density at radius 2 is 1.89 bits per heavy atom. The fourth-order valence-electron chi connectivity index (χ4n) is 1.63. The average Bonchev–Trinajstić information content (AvgIpc) is 2.39. The van der Waals surface area contributed by atoms with Gasteiger partial charge in [0.2, 0.25) is 0 Å². The van der Waals surface area contributed by atoms with E-state index in [1.54, 1.807) is 6.20 Å². The first-order valence-corrected chi connectivity index (χ1v) is 6.63. The Kier molecular flexibility index (Phi) is 4.35. The topological polar surface area (TPSA) is 89.1 Å². The Balaban J connectivity index is 2.11. The highest BCUT2D eigenvalue weighted by atomic mass is 32.2. The number of nitrogens with zero attached hydrogens (tertiary/aromatic N) is 2. The molecule has 0 aliphatic heterocycles. The molecule has 0 bridgehead atoms. The number of anilines is 1. The van der Waals surface area contributed by atoms with E-state index >= 15 is 0 Å². The van der Waals surface area contributed by atoms with Crippen molar-refractivity contribution in [1.29, 1.82) is 0 Å². The summed E-state index contributed by atoms with van der Waals surface area (Å²) in [6, 6.07) is 7.46. The number of aromatic nitrogens is 2. The van der Waals surface area contributed by atoms with E-state index in [0.717, 1.165) is 11.1 Å². The van der Waals surface area contributed by atoms with Crippen molar-refractivity contribution >= 4 is 23.5 Å². The van der Waals surface area contributed by atoms with Gasteiger partial charge in [-0.05, 0) is 11.1 Å². The van der Waals surface area contributed by atoms with Gasteiger partial charge in [0, 0.05) is 18.1 Å². The van der Waals surface area contributed by atoms with Crippen LogP contribution in [0.25, 0.3) is 0 Å². The van der Waals surface area contributed by atoms with Crippen LogP contribution in [0.1, 0.15) is 11.1 Å². The molecule has 0 saturated carbocycles. The fourth-order valence-corrected chi connectivity index (χ4v) is 2.54. The lowest BCUT2D eigenvalue weighted by atomic mass is 10.1. The quantitative estimate of drug-likeness (QED) is 0.811. The summed E-state index contributed by atoms with van der Waals surface area (Å²) in [6.45, 7) is 0. The van der Waals surface area contributed by atoms with E-state index in [4.69, 9.17) is 10.8 Å². The molecule has 1 heterocycles. The molecule has 2 rings (SSSR count). The van der Waals surface area contributed by atoms with Gasteiger partial charge in [0.15, 0.2) is 5.82 Å². The van der Waals surface area contributed by atoms with Gasteiger partial charge in [-0.15, -0.1) is 0 Å².